The quantitative estimate of drug-likeness (QED) is 0.524. The van der Waals surface area contributed by atoms with Crippen LogP contribution in [0.15, 0.2) is 0 Å². The topological polar surface area (TPSA) is 52.0 Å². The van der Waals surface area contributed by atoms with Gasteiger partial charge in [-0.2, -0.15) is 0 Å². The van der Waals surface area contributed by atoms with Gasteiger partial charge in [-0.1, -0.05) is 0 Å². The van der Waals surface area contributed by atoms with Crippen LogP contribution in [0.4, 0.5) is 0 Å². The molecule has 4 N–H and O–H groups in total. The number of rotatable bonds is 4. The van der Waals surface area contributed by atoms with Gasteiger partial charge in [0.05, 0.1) is 0 Å². The summed E-state index contributed by atoms with van der Waals surface area (Å²) < 4.78 is 0. The van der Waals surface area contributed by atoms with Crippen LogP contribution in [-0.2, 0) is 0 Å². The van der Waals surface area contributed by atoms with E-state index in [1.807, 2.05) is 0 Å². The van der Waals surface area contributed by atoms with Crippen molar-refractivity contribution < 1.29 is 0 Å². The minimum Gasteiger partial charge on any atom is -0.330 e. The van der Waals surface area contributed by atoms with Crippen molar-refractivity contribution in [2.75, 3.05) is 6.54 Å². The van der Waals surface area contributed by atoms with Crippen molar-refractivity contribution in [3.8, 4) is 12.3 Å². The first-order chi connectivity index (χ1) is 4.31. The third-order valence-electron chi connectivity index (χ3n) is 1.20. The van der Waals surface area contributed by atoms with Gasteiger partial charge >= 0.3 is 0 Å². The molecule has 9 heavy (non-hydrogen) atoms. The van der Waals surface area contributed by atoms with Crippen LogP contribution in [0.2, 0.25) is 0 Å². The summed E-state index contributed by atoms with van der Waals surface area (Å²) in [6, 6.07) is 0.200. The minimum absolute atomic E-state index is 0.200. The van der Waals surface area contributed by atoms with Gasteiger partial charge in [-0.15, -0.1) is 12.3 Å². The van der Waals surface area contributed by atoms with Gasteiger partial charge in [0.25, 0.3) is 0 Å². The van der Waals surface area contributed by atoms with Crippen molar-refractivity contribution in [1.82, 2.24) is 0 Å². The summed E-state index contributed by atoms with van der Waals surface area (Å²) in [6.45, 7) is 0.658. The molecule has 1 atom stereocenters. The van der Waals surface area contributed by atoms with Crippen LogP contribution in [-0.4, -0.2) is 12.6 Å². The van der Waals surface area contributed by atoms with Crippen molar-refractivity contribution in [3.05, 3.63) is 0 Å². The fourth-order valence-electron chi connectivity index (χ4n) is 0.627. The van der Waals surface area contributed by atoms with Gasteiger partial charge in [-0.05, 0) is 19.4 Å². The van der Waals surface area contributed by atoms with Gasteiger partial charge in [0.15, 0.2) is 0 Å². The van der Waals surface area contributed by atoms with E-state index in [-0.39, 0.29) is 6.04 Å². The lowest BCUT2D eigenvalue weighted by molar-refractivity contribution is 0.585. The molecule has 0 spiro atoms. The maximum absolute atomic E-state index is 5.59. The molecule has 1 unspecified atom stereocenters. The minimum atomic E-state index is 0.200. The van der Waals surface area contributed by atoms with E-state index >= 15 is 0 Å². The maximum Gasteiger partial charge on any atom is 0.0101 e. The van der Waals surface area contributed by atoms with E-state index in [1.165, 1.54) is 0 Å². The second-order valence-corrected chi connectivity index (χ2v) is 2.08. The SMILES string of the molecule is C#CCCC(N)CCN. The van der Waals surface area contributed by atoms with E-state index in [0.29, 0.717) is 6.54 Å². The Labute approximate surface area is 56.6 Å². The molecule has 52 valence electrons. The Morgan fingerprint density at radius 3 is 2.56 bits per heavy atom. The van der Waals surface area contributed by atoms with Crippen LogP contribution < -0.4 is 11.5 Å². The molecule has 0 saturated heterocycles. The van der Waals surface area contributed by atoms with E-state index in [2.05, 4.69) is 5.92 Å². The number of hydrogen-bond acceptors (Lipinski definition) is 2. The molecule has 0 aromatic heterocycles. The van der Waals surface area contributed by atoms with Gasteiger partial charge in [0.1, 0.15) is 0 Å². The zero-order valence-electron chi connectivity index (χ0n) is 5.64. The molecular formula is C7H14N2. The molecule has 0 aromatic rings. The Kier molecular flexibility index (Phi) is 5.29. The van der Waals surface area contributed by atoms with Crippen molar-refractivity contribution in [1.29, 1.82) is 0 Å². The van der Waals surface area contributed by atoms with Gasteiger partial charge in [0.2, 0.25) is 0 Å². The van der Waals surface area contributed by atoms with Crippen LogP contribution in [0.25, 0.3) is 0 Å². The molecule has 0 fully saturated rings. The molecular weight excluding hydrogens is 112 g/mol. The smallest absolute Gasteiger partial charge is 0.0101 e. The van der Waals surface area contributed by atoms with E-state index in [4.69, 9.17) is 17.9 Å². The molecule has 0 saturated carbocycles. The summed E-state index contributed by atoms with van der Waals surface area (Å²) in [4.78, 5) is 0. The van der Waals surface area contributed by atoms with Crippen molar-refractivity contribution >= 4 is 0 Å². The molecule has 0 rings (SSSR count). The number of nitrogens with two attached hydrogens (primary N) is 2. The first-order valence-electron chi connectivity index (χ1n) is 3.20. The Hall–Kier alpha value is -0.520. The summed E-state index contributed by atoms with van der Waals surface area (Å²) >= 11 is 0. The zero-order valence-corrected chi connectivity index (χ0v) is 5.64. The second-order valence-electron chi connectivity index (χ2n) is 2.08. The highest BCUT2D eigenvalue weighted by atomic mass is 14.6. The lowest BCUT2D eigenvalue weighted by Crippen LogP contribution is -2.23. The Morgan fingerprint density at radius 2 is 2.11 bits per heavy atom. The molecule has 2 heteroatoms. The maximum atomic E-state index is 5.59. The summed E-state index contributed by atoms with van der Waals surface area (Å²) in [5, 5.41) is 0. The van der Waals surface area contributed by atoms with Gasteiger partial charge in [-0.25, -0.2) is 0 Å². The Balaban J connectivity index is 3.07. The highest BCUT2D eigenvalue weighted by molar-refractivity contribution is 4.84. The van der Waals surface area contributed by atoms with Crippen LogP contribution in [0.5, 0.6) is 0 Å². The zero-order chi connectivity index (χ0) is 7.11. The van der Waals surface area contributed by atoms with Crippen molar-refractivity contribution in [2.45, 2.75) is 25.3 Å². The van der Waals surface area contributed by atoms with Crippen LogP contribution in [0, 0.1) is 12.3 Å². The fraction of sp³-hybridized carbons (Fsp3) is 0.714. The molecule has 0 aliphatic heterocycles. The first-order valence-corrected chi connectivity index (χ1v) is 3.20. The summed E-state index contributed by atoms with van der Waals surface area (Å²) in [6.07, 6.45) is 7.57. The van der Waals surface area contributed by atoms with Gasteiger partial charge in [0, 0.05) is 12.5 Å². The van der Waals surface area contributed by atoms with E-state index in [0.717, 1.165) is 19.3 Å². The van der Waals surface area contributed by atoms with E-state index < -0.39 is 0 Å². The molecule has 0 aromatic carbocycles. The number of terminal acetylenes is 1. The molecule has 0 aliphatic carbocycles. The largest absolute Gasteiger partial charge is 0.330 e. The number of hydrogen-bond donors (Lipinski definition) is 2. The van der Waals surface area contributed by atoms with Crippen molar-refractivity contribution in [2.24, 2.45) is 11.5 Å². The highest BCUT2D eigenvalue weighted by Crippen LogP contribution is 1.95. The Bertz CT molecular complexity index is 93.6. The fourth-order valence-corrected chi connectivity index (χ4v) is 0.627. The van der Waals surface area contributed by atoms with Crippen molar-refractivity contribution in [3.63, 3.8) is 0 Å². The van der Waals surface area contributed by atoms with Gasteiger partial charge < -0.3 is 11.5 Å². The molecule has 0 aliphatic rings. The second kappa shape index (κ2) is 5.61. The average molecular weight is 126 g/mol. The third kappa shape index (κ3) is 5.35. The van der Waals surface area contributed by atoms with E-state index in [9.17, 15) is 0 Å². The molecule has 0 heterocycles. The molecule has 0 radical (unpaired) electrons. The lowest BCUT2D eigenvalue weighted by Gasteiger charge is -2.05. The van der Waals surface area contributed by atoms with Gasteiger partial charge in [-0.3, -0.25) is 0 Å². The lowest BCUT2D eigenvalue weighted by atomic mass is 10.1. The van der Waals surface area contributed by atoms with Crippen LogP contribution >= 0.6 is 0 Å². The predicted octanol–water partition coefficient (Wildman–Crippen LogP) is 0.0759. The first kappa shape index (κ1) is 8.48. The van der Waals surface area contributed by atoms with Crippen LogP contribution in [0.1, 0.15) is 19.3 Å². The third-order valence-corrected chi connectivity index (χ3v) is 1.20. The molecule has 0 bridgehead atoms. The summed E-state index contributed by atoms with van der Waals surface area (Å²) in [5.74, 6) is 2.54. The molecule has 2 nitrogen and oxygen atoms in total. The predicted molar refractivity (Wildman–Crippen MR) is 39.7 cm³/mol. The highest BCUT2D eigenvalue weighted by Gasteiger charge is 1.97. The summed E-state index contributed by atoms with van der Waals surface area (Å²) in [5.41, 5.74) is 10.9. The molecule has 0 amide bonds. The standard InChI is InChI=1S/C7H14N2/c1-2-3-4-7(9)5-6-8/h1,7H,3-6,8-9H2. The monoisotopic (exact) mass is 126 g/mol. The van der Waals surface area contributed by atoms with Crippen LogP contribution in [0.3, 0.4) is 0 Å². The summed E-state index contributed by atoms with van der Waals surface area (Å²) in [7, 11) is 0. The average Bonchev–Trinajstić information content (AvgIpc) is 1.85. The normalized spacial score (nSPS) is 12.6. The Morgan fingerprint density at radius 1 is 1.44 bits per heavy atom. The van der Waals surface area contributed by atoms with E-state index in [1.54, 1.807) is 0 Å².